The summed E-state index contributed by atoms with van der Waals surface area (Å²) in [5.41, 5.74) is 17.8. The molecule has 3 rings (SSSR count). The average molecular weight is 281 g/mol. The molecule has 0 saturated carbocycles. The number of hydrogen-bond donors (Lipinski definition) is 6. The van der Waals surface area contributed by atoms with Crippen LogP contribution in [0.1, 0.15) is 11.9 Å². The second-order valence-electron chi connectivity index (χ2n) is 4.63. The third-order valence-corrected chi connectivity index (χ3v) is 3.31. The fourth-order valence-corrected chi connectivity index (χ4v) is 2.27. The number of imidazole rings is 1. The van der Waals surface area contributed by atoms with Crippen LogP contribution in [0.15, 0.2) is 0 Å². The smallest absolute Gasteiger partial charge is 0.224 e. The van der Waals surface area contributed by atoms with Gasteiger partial charge in [0, 0.05) is 0 Å². The zero-order valence-corrected chi connectivity index (χ0v) is 10.4. The van der Waals surface area contributed by atoms with E-state index >= 15 is 0 Å². The number of anilines is 2. The van der Waals surface area contributed by atoms with Crippen LogP contribution in [0.5, 0.6) is 0 Å². The van der Waals surface area contributed by atoms with Crippen molar-refractivity contribution >= 4 is 22.9 Å². The van der Waals surface area contributed by atoms with Crippen molar-refractivity contribution < 1.29 is 14.9 Å². The predicted molar refractivity (Wildman–Crippen MR) is 69.2 cm³/mol. The summed E-state index contributed by atoms with van der Waals surface area (Å²) < 4.78 is 5.48. The Morgan fingerprint density at radius 3 is 2.65 bits per heavy atom. The maximum Gasteiger partial charge on any atom is 0.224 e. The summed E-state index contributed by atoms with van der Waals surface area (Å²) in [7, 11) is 0. The Balaban J connectivity index is 2.01. The molecule has 0 aliphatic carbocycles. The van der Waals surface area contributed by atoms with E-state index in [2.05, 4.69) is 19.9 Å². The van der Waals surface area contributed by atoms with Crippen LogP contribution in [0.2, 0.25) is 0 Å². The summed E-state index contributed by atoms with van der Waals surface area (Å²) in [6.45, 7) is -0.333. The number of ether oxygens (including phenoxy) is 1. The van der Waals surface area contributed by atoms with Crippen LogP contribution in [0, 0.1) is 0 Å². The van der Waals surface area contributed by atoms with Crippen LogP contribution >= 0.6 is 0 Å². The number of aliphatic hydroxyl groups is 2. The molecule has 4 atom stereocenters. The molecule has 0 unspecified atom stereocenters. The number of nitrogen functional groups attached to an aromatic ring is 2. The lowest BCUT2D eigenvalue weighted by atomic mass is 10.1. The van der Waals surface area contributed by atoms with Gasteiger partial charge in [0.25, 0.3) is 0 Å². The molecule has 10 nitrogen and oxygen atoms in total. The number of nitrogens with two attached hydrogens (primary N) is 3. The Morgan fingerprint density at radius 1 is 1.25 bits per heavy atom. The average Bonchev–Trinajstić information content (AvgIpc) is 2.93. The number of fused-ring (bicyclic) bond motifs is 1. The first-order chi connectivity index (χ1) is 9.51. The van der Waals surface area contributed by atoms with Gasteiger partial charge in [-0.1, -0.05) is 0 Å². The maximum absolute atomic E-state index is 9.84. The van der Waals surface area contributed by atoms with E-state index in [4.69, 9.17) is 27.0 Å². The topological polar surface area (TPSA) is 182 Å². The minimum absolute atomic E-state index is 0.0120. The number of rotatable bonds is 2. The maximum atomic E-state index is 9.84. The van der Waals surface area contributed by atoms with Gasteiger partial charge in [-0.15, -0.1) is 0 Å². The highest BCUT2D eigenvalue weighted by Gasteiger charge is 2.43. The molecular formula is C10H15N7O3. The molecule has 0 spiro atoms. The van der Waals surface area contributed by atoms with E-state index in [1.165, 1.54) is 0 Å². The van der Waals surface area contributed by atoms with Crippen LogP contribution in [-0.4, -0.2) is 55.0 Å². The molecule has 20 heavy (non-hydrogen) atoms. The molecule has 10 heteroatoms. The van der Waals surface area contributed by atoms with Gasteiger partial charge >= 0.3 is 0 Å². The van der Waals surface area contributed by atoms with Crippen molar-refractivity contribution in [3.8, 4) is 0 Å². The molecule has 2 aromatic heterocycles. The second kappa shape index (κ2) is 4.52. The number of nitrogens with one attached hydrogen (secondary N) is 1. The predicted octanol–water partition coefficient (Wildman–Crippen LogP) is -2.36. The Morgan fingerprint density at radius 2 is 2.00 bits per heavy atom. The van der Waals surface area contributed by atoms with Crippen molar-refractivity contribution in [2.45, 2.75) is 24.4 Å². The van der Waals surface area contributed by atoms with Crippen LogP contribution in [0.3, 0.4) is 0 Å². The van der Waals surface area contributed by atoms with E-state index in [1.807, 2.05) is 0 Å². The fraction of sp³-hybridized carbons (Fsp3) is 0.500. The lowest BCUT2D eigenvalue weighted by Gasteiger charge is -2.12. The SMILES string of the molecule is Nc1nc(N)c2[nH]c([C@@H]3O[C@H](CO)[C@@H](O)[C@H]3N)nc2n1. The van der Waals surface area contributed by atoms with Gasteiger partial charge in [0.05, 0.1) is 12.6 Å². The van der Waals surface area contributed by atoms with Crippen LogP contribution in [0.25, 0.3) is 11.2 Å². The minimum atomic E-state index is -0.980. The van der Waals surface area contributed by atoms with E-state index in [0.717, 1.165) is 0 Å². The Kier molecular flexibility index (Phi) is 2.94. The summed E-state index contributed by atoms with van der Waals surface area (Å²) in [4.78, 5) is 14.9. The molecule has 9 N–H and O–H groups in total. The molecule has 2 aromatic rings. The molecular weight excluding hydrogens is 266 g/mol. The summed E-state index contributed by atoms with van der Waals surface area (Å²) >= 11 is 0. The summed E-state index contributed by atoms with van der Waals surface area (Å²) in [5, 5.41) is 18.9. The van der Waals surface area contributed by atoms with Crippen LogP contribution in [-0.2, 0) is 4.74 Å². The molecule has 1 aliphatic heterocycles. The van der Waals surface area contributed by atoms with Gasteiger partial charge in [-0.25, -0.2) is 4.98 Å². The van der Waals surface area contributed by atoms with Crippen molar-refractivity contribution in [3.63, 3.8) is 0 Å². The Labute approximate surface area is 113 Å². The first-order valence-corrected chi connectivity index (χ1v) is 6.00. The van der Waals surface area contributed by atoms with Gasteiger partial charge in [0.2, 0.25) is 5.95 Å². The fourth-order valence-electron chi connectivity index (χ4n) is 2.27. The summed E-state index contributed by atoms with van der Waals surface area (Å²) in [6, 6.07) is -0.723. The largest absolute Gasteiger partial charge is 0.394 e. The second-order valence-corrected chi connectivity index (χ2v) is 4.63. The number of nitrogens with zero attached hydrogens (tertiary/aromatic N) is 3. The molecule has 0 radical (unpaired) electrons. The zero-order valence-electron chi connectivity index (χ0n) is 10.4. The third kappa shape index (κ3) is 1.86. The summed E-state index contributed by atoms with van der Waals surface area (Å²) in [5.74, 6) is 0.532. The van der Waals surface area contributed by atoms with Crippen molar-refractivity contribution in [2.75, 3.05) is 18.1 Å². The van der Waals surface area contributed by atoms with E-state index < -0.39 is 24.4 Å². The number of aromatic amines is 1. The lowest BCUT2D eigenvalue weighted by molar-refractivity contribution is -0.0244. The first kappa shape index (κ1) is 13.0. The van der Waals surface area contributed by atoms with Crippen LogP contribution in [0.4, 0.5) is 11.8 Å². The quantitative estimate of drug-likeness (QED) is 0.350. The van der Waals surface area contributed by atoms with Gasteiger partial charge in [0.1, 0.15) is 29.7 Å². The minimum Gasteiger partial charge on any atom is -0.394 e. The van der Waals surface area contributed by atoms with Crippen molar-refractivity contribution in [3.05, 3.63) is 5.82 Å². The highest BCUT2D eigenvalue weighted by Crippen LogP contribution is 2.32. The van der Waals surface area contributed by atoms with Crippen molar-refractivity contribution in [1.82, 2.24) is 19.9 Å². The molecule has 0 bridgehead atoms. The number of hydrogen-bond acceptors (Lipinski definition) is 9. The van der Waals surface area contributed by atoms with Crippen molar-refractivity contribution in [2.24, 2.45) is 5.73 Å². The lowest BCUT2D eigenvalue weighted by Crippen LogP contribution is -2.38. The van der Waals surface area contributed by atoms with Crippen LogP contribution < -0.4 is 17.2 Å². The normalized spacial score (nSPS) is 30.1. The number of H-pyrrole nitrogens is 1. The van der Waals surface area contributed by atoms with E-state index in [-0.39, 0.29) is 18.4 Å². The number of aliphatic hydroxyl groups excluding tert-OH is 2. The van der Waals surface area contributed by atoms with Gasteiger partial charge in [0.15, 0.2) is 11.5 Å². The van der Waals surface area contributed by atoms with Gasteiger partial charge in [-0.05, 0) is 0 Å². The Bertz CT molecular complexity index is 645. The molecule has 108 valence electrons. The zero-order chi connectivity index (χ0) is 14.4. The molecule has 0 aromatic carbocycles. The van der Waals surface area contributed by atoms with Gasteiger partial charge in [-0.3, -0.25) is 0 Å². The molecule has 1 fully saturated rings. The van der Waals surface area contributed by atoms with Gasteiger partial charge in [-0.2, -0.15) is 9.97 Å². The van der Waals surface area contributed by atoms with E-state index in [0.29, 0.717) is 17.0 Å². The standard InChI is InChI=1S/C10H15N7O3/c11-3-5(19)2(1-18)20-6(3)9-14-4-7(12)15-10(13)17-8(4)16-9/h2-3,5-6,18-19H,1,11H2,(H5,12,13,14,15,16,17)/t2-,3-,5-,6-/m1/s1. The molecule has 0 amide bonds. The van der Waals surface area contributed by atoms with E-state index in [1.54, 1.807) is 0 Å². The number of aromatic nitrogens is 4. The molecule has 1 saturated heterocycles. The van der Waals surface area contributed by atoms with Gasteiger partial charge < -0.3 is 37.1 Å². The highest BCUT2D eigenvalue weighted by molar-refractivity contribution is 5.82. The molecule has 3 heterocycles. The molecule has 1 aliphatic rings. The summed E-state index contributed by atoms with van der Waals surface area (Å²) in [6.07, 6.45) is -2.43. The van der Waals surface area contributed by atoms with Crippen molar-refractivity contribution in [1.29, 1.82) is 0 Å². The first-order valence-electron chi connectivity index (χ1n) is 6.00. The monoisotopic (exact) mass is 281 g/mol. The Hall–Kier alpha value is -2.01. The third-order valence-electron chi connectivity index (χ3n) is 3.31. The van der Waals surface area contributed by atoms with E-state index in [9.17, 15) is 5.11 Å². The highest BCUT2D eigenvalue weighted by atomic mass is 16.5.